The van der Waals surface area contributed by atoms with E-state index in [1.165, 1.54) is 0 Å². The standard InChI is InChI=1S/C12H23N3O3/c1-11(2,3)18-10(17)15-7-5-12(13,6-8-15)9(16)14-4/h5-8,13H2,1-4H3,(H,14,16). The second kappa shape index (κ2) is 5.14. The Hall–Kier alpha value is -1.30. The molecule has 1 rings (SSSR count). The van der Waals surface area contributed by atoms with Gasteiger partial charge in [0.15, 0.2) is 0 Å². The van der Waals surface area contributed by atoms with E-state index < -0.39 is 11.1 Å². The van der Waals surface area contributed by atoms with E-state index in [0.29, 0.717) is 25.9 Å². The van der Waals surface area contributed by atoms with Gasteiger partial charge in [0.25, 0.3) is 0 Å². The van der Waals surface area contributed by atoms with Crippen molar-refractivity contribution in [2.45, 2.75) is 44.8 Å². The third-order valence-electron chi connectivity index (χ3n) is 2.99. The van der Waals surface area contributed by atoms with Gasteiger partial charge in [-0.05, 0) is 33.6 Å². The van der Waals surface area contributed by atoms with E-state index in [2.05, 4.69) is 5.32 Å². The van der Waals surface area contributed by atoms with Gasteiger partial charge < -0.3 is 20.7 Å². The average Bonchev–Trinajstić information content (AvgIpc) is 2.26. The molecule has 104 valence electrons. The van der Waals surface area contributed by atoms with Crippen molar-refractivity contribution in [2.24, 2.45) is 5.73 Å². The summed E-state index contributed by atoms with van der Waals surface area (Å²) in [6.07, 6.45) is 0.555. The van der Waals surface area contributed by atoms with Gasteiger partial charge in [0, 0.05) is 20.1 Å². The van der Waals surface area contributed by atoms with E-state index >= 15 is 0 Å². The second-order valence-electron chi connectivity index (χ2n) is 5.70. The Kier molecular flexibility index (Phi) is 4.21. The Bertz CT molecular complexity index is 328. The number of likely N-dealkylation sites (tertiary alicyclic amines) is 1. The fourth-order valence-corrected chi connectivity index (χ4v) is 1.89. The maximum atomic E-state index is 11.8. The number of hydrogen-bond donors (Lipinski definition) is 2. The first kappa shape index (κ1) is 14.8. The first-order valence-electron chi connectivity index (χ1n) is 6.17. The van der Waals surface area contributed by atoms with Gasteiger partial charge in [-0.2, -0.15) is 0 Å². The molecule has 0 aromatic carbocycles. The van der Waals surface area contributed by atoms with Gasteiger partial charge in [0.05, 0.1) is 5.54 Å². The lowest BCUT2D eigenvalue weighted by Gasteiger charge is -2.38. The number of piperidine rings is 1. The summed E-state index contributed by atoms with van der Waals surface area (Å²) in [5.74, 6) is -0.175. The highest BCUT2D eigenvalue weighted by atomic mass is 16.6. The molecule has 0 saturated carbocycles. The Labute approximate surface area is 108 Å². The van der Waals surface area contributed by atoms with Gasteiger partial charge in [-0.1, -0.05) is 0 Å². The Morgan fingerprint density at radius 2 is 1.78 bits per heavy atom. The highest BCUT2D eigenvalue weighted by Crippen LogP contribution is 2.21. The number of carbonyl (C=O) groups is 2. The average molecular weight is 257 g/mol. The zero-order valence-electron chi connectivity index (χ0n) is 11.6. The van der Waals surface area contributed by atoms with Crippen LogP contribution in [0.25, 0.3) is 0 Å². The molecule has 1 aliphatic heterocycles. The van der Waals surface area contributed by atoms with Crippen molar-refractivity contribution in [3.05, 3.63) is 0 Å². The molecule has 1 fully saturated rings. The van der Waals surface area contributed by atoms with Crippen LogP contribution in [0, 0.1) is 0 Å². The number of likely N-dealkylation sites (N-methyl/N-ethyl adjacent to an activating group) is 1. The van der Waals surface area contributed by atoms with Crippen molar-refractivity contribution in [3.63, 3.8) is 0 Å². The minimum absolute atomic E-state index is 0.175. The molecule has 0 aromatic rings. The Balaban J connectivity index is 2.54. The number of carbonyl (C=O) groups excluding carboxylic acids is 2. The maximum absolute atomic E-state index is 11.8. The van der Waals surface area contributed by atoms with Crippen molar-refractivity contribution >= 4 is 12.0 Å². The lowest BCUT2D eigenvalue weighted by Crippen LogP contribution is -2.59. The van der Waals surface area contributed by atoms with Crippen LogP contribution in [0.2, 0.25) is 0 Å². The van der Waals surface area contributed by atoms with E-state index in [9.17, 15) is 9.59 Å². The molecule has 18 heavy (non-hydrogen) atoms. The first-order valence-corrected chi connectivity index (χ1v) is 6.17. The van der Waals surface area contributed by atoms with Crippen LogP contribution in [0.3, 0.4) is 0 Å². The molecule has 3 N–H and O–H groups in total. The quantitative estimate of drug-likeness (QED) is 0.714. The van der Waals surface area contributed by atoms with Gasteiger partial charge in [0.2, 0.25) is 5.91 Å². The topological polar surface area (TPSA) is 84.7 Å². The molecular weight excluding hydrogens is 234 g/mol. The third kappa shape index (κ3) is 3.60. The normalized spacial score (nSPS) is 19.3. The summed E-state index contributed by atoms with van der Waals surface area (Å²) in [4.78, 5) is 25.0. The fourth-order valence-electron chi connectivity index (χ4n) is 1.89. The molecule has 1 heterocycles. The number of hydrogen-bond acceptors (Lipinski definition) is 4. The molecule has 0 atom stereocenters. The molecule has 1 saturated heterocycles. The molecule has 0 unspecified atom stereocenters. The van der Waals surface area contributed by atoms with Crippen LogP contribution in [-0.2, 0) is 9.53 Å². The summed E-state index contributed by atoms with van der Waals surface area (Å²) >= 11 is 0. The lowest BCUT2D eigenvalue weighted by molar-refractivity contribution is -0.127. The zero-order chi connectivity index (χ0) is 14.0. The molecule has 6 heteroatoms. The lowest BCUT2D eigenvalue weighted by atomic mass is 9.88. The zero-order valence-corrected chi connectivity index (χ0v) is 11.6. The molecular formula is C12H23N3O3. The number of ether oxygens (including phenoxy) is 1. The predicted octanol–water partition coefficient (Wildman–Crippen LogP) is 0.461. The summed E-state index contributed by atoms with van der Waals surface area (Å²) in [5, 5.41) is 2.56. The van der Waals surface area contributed by atoms with Crippen molar-refractivity contribution in [2.75, 3.05) is 20.1 Å². The largest absolute Gasteiger partial charge is 0.444 e. The van der Waals surface area contributed by atoms with Crippen molar-refractivity contribution in [3.8, 4) is 0 Å². The van der Waals surface area contributed by atoms with Crippen LogP contribution in [0.1, 0.15) is 33.6 Å². The van der Waals surface area contributed by atoms with E-state index in [-0.39, 0.29) is 12.0 Å². The monoisotopic (exact) mass is 257 g/mol. The van der Waals surface area contributed by atoms with Crippen LogP contribution in [0.5, 0.6) is 0 Å². The van der Waals surface area contributed by atoms with Crippen molar-refractivity contribution in [1.82, 2.24) is 10.2 Å². The smallest absolute Gasteiger partial charge is 0.410 e. The Morgan fingerprint density at radius 1 is 1.28 bits per heavy atom. The highest BCUT2D eigenvalue weighted by Gasteiger charge is 2.39. The molecule has 2 amide bonds. The minimum Gasteiger partial charge on any atom is -0.444 e. The van der Waals surface area contributed by atoms with Crippen LogP contribution in [0.15, 0.2) is 0 Å². The number of nitrogens with zero attached hydrogens (tertiary/aromatic N) is 1. The third-order valence-corrected chi connectivity index (χ3v) is 2.99. The molecule has 0 aliphatic carbocycles. The van der Waals surface area contributed by atoms with Crippen molar-refractivity contribution in [1.29, 1.82) is 0 Å². The van der Waals surface area contributed by atoms with Gasteiger partial charge >= 0.3 is 6.09 Å². The van der Waals surface area contributed by atoms with Crippen LogP contribution in [-0.4, -0.2) is 48.2 Å². The van der Waals surface area contributed by atoms with Gasteiger partial charge in [-0.15, -0.1) is 0 Å². The van der Waals surface area contributed by atoms with E-state index in [1.807, 2.05) is 20.8 Å². The maximum Gasteiger partial charge on any atom is 0.410 e. The van der Waals surface area contributed by atoms with Gasteiger partial charge in [-0.25, -0.2) is 4.79 Å². The van der Waals surface area contributed by atoms with E-state index in [1.54, 1.807) is 11.9 Å². The van der Waals surface area contributed by atoms with Crippen LogP contribution >= 0.6 is 0 Å². The van der Waals surface area contributed by atoms with Crippen LogP contribution in [0.4, 0.5) is 4.79 Å². The number of nitrogens with two attached hydrogens (primary N) is 1. The minimum atomic E-state index is -0.868. The number of amides is 2. The molecule has 0 aromatic heterocycles. The van der Waals surface area contributed by atoms with Gasteiger partial charge in [0.1, 0.15) is 5.60 Å². The molecule has 0 radical (unpaired) electrons. The van der Waals surface area contributed by atoms with Gasteiger partial charge in [-0.3, -0.25) is 4.79 Å². The first-order chi connectivity index (χ1) is 8.18. The summed E-state index contributed by atoms with van der Waals surface area (Å²) in [7, 11) is 1.57. The summed E-state index contributed by atoms with van der Waals surface area (Å²) in [5.41, 5.74) is 4.64. The summed E-state index contributed by atoms with van der Waals surface area (Å²) < 4.78 is 5.28. The number of rotatable bonds is 1. The van der Waals surface area contributed by atoms with Crippen LogP contribution < -0.4 is 11.1 Å². The fraction of sp³-hybridized carbons (Fsp3) is 0.833. The number of nitrogens with one attached hydrogen (secondary N) is 1. The van der Waals surface area contributed by atoms with Crippen molar-refractivity contribution < 1.29 is 14.3 Å². The summed E-state index contributed by atoms with van der Waals surface area (Å²) in [6.45, 7) is 6.36. The van der Waals surface area contributed by atoms with E-state index in [4.69, 9.17) is 10.5 Å². The molecule has 1 aliphatic rings. The Morgan fingerprint density at radius 3 is 2.17 bits per heavy atom. The highest BCUT2D eigenvalue weighted by molar-refractivity contribution is 5.86. The summed E-state index contributed by atoms with van der Waals surface area (Å²) in [6, 6.07) is 0. The predicted molar refractivity (Wildman–Crippen MR) is 68.0 cm³/mol. The molecule has 0 spiro atoms. The molecule has 6 nitrogen and oxygen atoms in total. The second-order valence-corrected chi connectivity index (χ2v) is 5.70. The molecule has 0 bridgehead atoms. The van der Waals surface area contributed by atoms with E-state index in [0.717, 1.165) is 0 Å². The SMILES string of the molecule is CNC(=O)C1(N)CCN(C(=O)OC(C)(C)C)CC1.